The molecule has 0 atom stereocenters. The average Bonchev–Trinajstić information content (AvgIpc) is 2.54. The molecule has 0 saturated carbocycles. The van der Waals surface area contributed by atoms with E-state index in [1.165, 1.54) is 35.2 Å². The molecule has 0 bridgehead atoms. The fraction of sp³-hybridized carbons (Fsp3) is 0.294. The molecule has 0 aromatic heterocycles. The third-order valence-corrected chi connectivity index (χ3v) is 3.92. The first-order chi connectivity index (χ1) is 9.90. The molecule has 2 aliphatic rings. The predicted octanol–water partition coefficient (Wildman–Crippen LogP) is 3.48. The number of anilines is 1. The highest BCUT2D eigenvalue weighted by Gasteiger charge is 2.14. The molecule has 2 aromatic rings. The van der Waals surface area contributed by atoms with Gasteiger partial charge in [-0.05, 0) is 47.7 Å². The smallest absolute Gasteiger partial charge is 0.161 e. The van der Waals surface area contributed by atoms with E-state index >= 15 is 0 Å². The molecular formula is C17H17NO2. The molecule has 102 valence electrons. The van der Waals surface area contributed by atoms with Gasteiger partial charge in [0.1, 0.15) is 13.2 Å². The number of rotatable bonds is 1. The van der Waals surface area contributed by atoms with Gasteiger partial charge in [0, 0.05) is 12.2 Å². The molecule has 0 spiro atoms. The summed E-state index contributed by atoms with van der Waals surface area (Å²) < 4.78 is 11.2. The number of benzene rings is 2. The van der Waals surface area contributed by atoms with Crippen LogP contribution in [0, 0.1) is 0 Å². The first-order valence-corrected chi connectivity index (χ1v) is 7.17. The van der Waals surface area contributed by atoms with Crippen molar-refractivity contribution < 1.29 is 9.47 Å². The minimum Gasteiger partial charge on any atom is -0.486 e. The Morgan fingerprint density at radius 3 is 2.60 bits per heavy atom. The molecule has 20 heavy (non-hydrogen) atoms. The molecule has 2 aromatic carbocycles. The third-order valence-electron chi connectivity index (χ3n) is 3.92. The molecule has 0 unspecified atom stereocenters. The van der Waals surface area contributed by atoms with Crippen LogP contribution in [0.1, 0.15) is 12.0 Å². The summed E-state index contributed by atoms with van der Waals surface area (Å²) >= 11 is 0. The minimum atomic E-state index is 0.627. The normalized spacial score (nSPS) is 16.2. The second-order valence-electron chi connectivity index (χ2n) is 5.26. The Morgan fingerprint density at radius 1 is 0.850 bits per heavy atom. The van der Waals surface area contributed by atoms with Crippen LogP contribution in [0.3, 0.4) is 0 Å². The van der Waals surface area contributed by atoms with Crippen molar-refractivity contribution in [3.05, 3.63) is 42.0 Å². The van der Waals surface area contributed by atoms with E-state index in [0.717, 1.165) is 18.0 Å². The fourth-order valence-electron chi connectivity index (χ4n) is 2.86. The molecule has 3 heteroatoms. The van der Waals surface area contributed by atoms with E-state index < -0.39 is 0 Å². The van der Waals surface area contributed by atoms with Crippen LogP contribution in [-0.4, -0.2) is 19.8 Å². The Bertz CT molecular complexity index is 594. The fourth-order valence-corrected chi connectivity index (χ4v) is 2.86. The average molecular weight is 267 g/mol. The van der Waals surface area contributed by atoms with Crippen LogP contribution < -0.4 is 14.8 Å². The van der Waals surface area contributed by atoms with Crippen molar-refractivity contribution in [2.45, 2.75) is 12.8 Å². The molecular weight excluding hydrogens is 250 g/mol. The molecule has 0 fully saturated rings. The lowest BCUT2D eigenvalue weighted by atomic mass is 9.97. The van der Waals surface area contributed by atoms with Gasteiger partial charge in [0.25, 0.3) is 0 Å². The third kappa shape index (κ3) is 1.99. The molecule has 0 saturated heterocycles. The topological polar surface area (TPSA) is 30.5 Å². The van der Waals surface area contributed by atoms with E-state index in [1.807, 2.05) is 6.07 Å². The van der Waals surface area contributed by atoms with Crippen LogP contribution in [-0.2, 0) is 6.42 Å². The highest BCUT2D eigenvalue weighted by atomic mass is 16.6. The van der Waals surface area contributed by atoms with Crippen LogP contribution in [0.2, 0.25) is 0 Å². The number of nitrogens with one attached hydrogen (secondary N) is 1. The summed E-state index contributed by atoms with van der Waals surface area (Å²) in [4.78, 5) is 0. The molecule has 2 aliphatic heterocycles. The van der Waals surface area contributed by atoms with Crippen molar-refractivity contribution in [3.63, 3.8) is 0 Å². The van der Waals surface area contributed by atoms with Gasteiger partial charge in [-0.2, -0.15) is 0 Å². The maximum absolute atomic E-state index is 5.66. The van der Waals surface area contributed by atoms with Gasteiger partial charge in [0.15, 0.2) is 11.5 Å². The van der Waals surface area contributed by atoms with E-state index in [2.05, 4.69) is 35.6 Å². The van der Waals surface area contributed by atoms with Crippen LogP contribution in [0.25, 0.3) is 11.1 Å². The van der Waals surface area contributed by atoms with E-state index in [-0.39, 0.29) is 0 Å². The molecule has 1 N–H and O–H groups in total. The lowest BCUT2D eigenvalue weighted by Crippen LogP contribution is -2.15. The van der Waals surface area contributed by atoms with Crippen molar-refractivity contribution in [2.75, 3.05) is 25.1 Å². The maximum atomic E-state index is 5.66. The van der Waals surface area contributed by atoms with Crippen molar-refractivity contribution in [2.24, 2.45) is 0 Å². The second-order valence-corrected chi connectivity index (χ2v) is 5.26. The number of hydrogen-bond donors (Lipinski definition) is 1. The summed E-state index contributed by atoms with van der Waals surface area (Å²) in [5.41, 5.74) is 5.07. The lowest BCUT2D eigenvalue weighted by Gasteiger charge is -2.20. The Balaban J connectivity index is 1.73. The Kier molecular flexibility index (Phi) is 2.76. The molecule has 0 radical (unpaired) electrons. The van der Waals surface area contributed by atoms with Gasteiger partial charge in [-0.3, -0.25) is 0 Å². The molecule has 0 amide bonds. The first kappa shape index (κ1) is 11.6. The number of aryl methyl sites for hydroxylation is 1. The van der Waals surface area contributed by atoms with Crippen LogP contribution in [0.5, 0.6) is 11.5 Å². The molecule has 3 nitrogen and oxygen atoms in total. The summed E-state index contributed by atoms with van der Waals surface area (Å²) in [7, 11) is 0. The summed E-state index contributed by atoms with van der Waals surface area (Å²) in [6.45, 7) is 2.33. The Hall–Kier alpha value is -2.16. The number of hydrogen-bond acceptors (Lipinski definition) is 3. The molecule has 0 aliphatic carbocycles. The van der Waals surface area contributed by atoms with E-state index in [4.69, 9.17) is 9.47 Å². The number of fused-ring (bicyclic) bond motifs is 2. The zero-order valence-electron chi connectivity index (χ0n) is 11.3. The maximum Gasteiger partial charge on any atom is 0.161 e. The van der Waals surface area contributed by atoms with Crippen molar-refractivity contribution in [1.82, 2.24) is 0 Å². The van der Waals surface area contributed by atoms with Crippen LogP contribution >= 0.6 is 0 Å². The van der Waals surface area contributed by atoms with Crippen molar-refractivity contribution >= 4 is 5.69 Å². The quantitative estimate of drug-likeness (QED) is 0.858. The van der Waals surface area contributed by atoms with Gasteiger partial charge in [-0.15, -0.1) is 0 Å². The van der Waals surface area contributed by atoms with Gasteiger partial charge in [-0.1, -0.05) is 18.2 Å². The van der Waals surface area contributed by atoms with E-state index in [1.54, 1.807) is 0 Å². The highest BCUT2D eigenvalue weighted by Crippen LogP contribution is 2.36. The monoisotopic (exact) mass is 267 g/mol. The van der Waals surface area contributed by atoms with E-state index in [9.17, 15) is 0 Å². The van der Waals surface area contributed by atoms with Crippen LogP contribution in [0.4, 0.5) is 5.69 Å². The Morgan fingerprint density at radius 2 is 1.65 bits per heavy atom. The van der Waals surface area contributed by atoms with Gasteiger partial charge >= 0.3 is 0 Å². The van der Waals surface area contributed by atoms with E-state index in [0.29, 0.717) is 13.2 Å². The van der Waals surface area contributed by atoms with Crippen molar-refractivity contribution in [1.29, 1.82) is 0 Å². The first-order valence-electron chi connectivity index (χ1n) is 7.17. The molecule has 4 rings (SSSR count). The summed E-state index contributed by atoms with van der Waals surface area (Å²) in [5, 5.41) is 3.48. The summed E-state index contributed by atoms with van der Waals surface area (Å²) in [6, 6.07) is 12.8. The SMILES string of the molecule is c1cc2c(cc1-c1ccc3c(c1)OCCO3)NCCC2. The highest BCUT2D eigenvalue weighted by molar-refractivity contribution is 5.72. The predicted molar refractivity (Wildman–Crippen MR) is 79.7 cm³/mol. The van der Waals surface area contributed by atoms with Gasteiger partial charge < -0.3 is 14.8 Å². The van der Waals surface area contributed by atoms with Gasteiger partial charge in [0.2, 0.25) is 0 Å². The van der Waals surface area contributed by atoms with Gasteiger partial charge in [-0.25, -0.2) is 0 Å². The Labute approximate surface area is 118 Å². The van der Waals surface area contributed by atoms with Crippen LogP contribution in [0.15, 0.2) is 36.4 Å². The molecule has 2 heterocycles. The summed E-state index contributed by atoms with van der Waals surface area (Å²) in [5.74, 6) is 1.69. The second kappa shape index (κ2) is 4.75. The largest absolute Gasteiger partial charge is 0.486 e. The lowest BCUT2D eigenvalue weighted by molar-refractivity contribution is 0.171. The zero-order chi connectivity index (χ0) is 13.4. The number of ether oxygens (including phenoxy) is 2. The van der Waals surface area contributed by atoms with Crippen molar-refractivity contribution in [3.8, 4) is 22.6 Å². The standard InChI is InChI=1S/C17H17NO2/c1-2-12-3-4-13(10-15(12)18-7-1)14-5-6-16-17(11-14)20-9-8-19-16/h3-6,10-11,18H,1-2,7-9H2. The van der Waals surface area contributed by atoms with Gasteiger partial charge in [0.05, 0.1) is 0 Å². The zero-order valence-corrected chi connectivity index (χ0v) is 11.3. The minimum absolute atomic E-state index is 0.627. The summed E-state index contributed by atoms with van der Waals surface area (Å²) in [6.07, 6.45) is 2.39.